The Morgan fingerprint density at radius 2 is 2.18 bits per heavy atom. The molecule has 2 aromatic heterocycles. The fraction of sp³-hybridized carbons (Fsp3) is 0.222. The molecule has 1 N–H and O–H groups in total. The van der Waals surface area contributed by atoms with E-state index in [0.29, 0.717) is 28.9 Å². The van der Waals surface area contributed by atoms with E-state index in [0.717, 1.165) is 10.8 Å². The van der Waals surface area contributed by atoms with Gasteiger partial charge >= 0.3 is 0 Å². The molecule has 1 aromatic carbocycles. The van der Waals surface area contributed by atoms with Gasteiger partial charge in [0.15, 0.2) is 15.8 Å². The smallest absolute Gasteiger partial charge is 0.281 e. The van der Waals surface area contributed by atoms with Crippen molar-refractivity contribution in [3.63, 3.8) is 0 Å². The van der Waals surface area contributed by atoms with E-state index in [1.165, 1.54) is 39.9 Å². The van der Waals surface area contributed by atoms with E-state index >= 15 is 0 Å². The van der Waals surface area contributed by atoms with Crippen LogP contribution in [0.1, 0.15) is 23.8 Å². The van der Waals surface area contributed by atoms with Crippen LogP contribution in [0, 0.1) is 5.82 Å². The van der Waals surface area contributed by atoms with Crippen molar-refractivity contribution < 1.29 is 13.9 Å². The van der Waals surface area contributed by atoms with Crippen LogP contribution in [0.15, 0.2) is 47.5 Å². The van der Waals surface area contributed by atoms with Crippen molar-refractivity contribution in [1.29, 1.82) is 0 Å². The minimum Gasteiger partial charge on any atom is -0.489 e. The van der Waals surface area contributed by atoms with Gasteiger partial charge in [0.25, 0.3) is 5.91 Å². The standard InChI is InChI=1S/C18H18FN5O2S2/c1-3-9-26-14-11-24(13-7-5-12(19)6-8-13)23-15(14)16(25)20-17-21-22-18(28-17)27-10-4-2/h4-8,11H,2-3,9-10H2,1H3,(H,20,21,25). The topological polar surface area (TPSA) is 81.9 Å². The highest BCUT2D eigenvalue weighted by atomic mass is 32.2. The Hall–Kier alpha value is -2.72. The predicted octanol–water partition coefficient (Wildman–Crippen LogP) is 4.18. The number of ether oxygens (including phenoxy) is 1. The molecule has 0 fully saturated rings. The molecule has 1 amide bonds. The highest BCUT2D eigenvalue weighted by Gasteiger charge is 2.20. The molecule has 0 aliphatic carbocycles. The second-order valence-electron chi connectivity index (χ2n) is 5.54. The largest absolute Gasteiger partial charge is 0.489 e. The lowest BCUT2D eigenvalue weighted by Gasteiger charge is -2.03. The van der Waals surface area contributed by atoms with Gasteiger partial charge in [-0.05, 0) is 30.7 Å². The molecule has 0 unspecified atom stereocenters. The normalized spacial score (nSPS) is 10.6. The summed E-state index contributed by atoms with van der Waals surface area (Å²) in [6.07, 6.45) is 4.15. The molecule has 0 bridgehead atoms. The van der Waals surface area contributed by atoms with Crippen LogP contribution in [-0.2, 0) is 0 Å². The third-order valence-corrected chi connectivity index (χ3v) is 5.37. The highest BCUT2D eigenvalue weighted by Crippen LogP contribution is 2.27. The van der Waals surface area contributed by atoms with E-state index in [4.69, 9.17) is 4.74 Å². The highest BCUT2D eigenvalue weighted by molar-refractivity contribution is 8.01. The van der Waals surface area contributed by atoms with Crippen LogP contribution in [0.25, 0.3) is 5.69 Å². The Labute approximate surface area is 169 Å². The first-order valence-corrected chi connectivity index (χ1v) is 10.3. The number of thioether (sulfide) groups is 1. The van der Waals surface area contributed by atoms with Gasteiger partial charge in [0.2, 0.25) is 5.13 Å². The molecular weight excluding hydrogens is 401 g/mol. The van der Waals surface area contributed by atoms with Gasteiger partial charge in [-0.1, -0.05) is 36.1 Å². The molecule has 0 aliphatic rings. The molecule has 0 radical (unpaired) electrons. The third kappa shape index (κ3) is 4.96. The third-order valence-electron chi connectivity index (χ3n) is 3.40. The van der Waals surface area contributed by atoms with Crippen LogP contribution in [0.5, 0.6) is 5.75 Å². The van der Waals surface area contributed by atoms with Gasteiger partial charge < -0.3 is 4.74 Å². The molecule has 3 aromatic rings. The van der Waals surface area contributed by atoms with Crippen LogP contribution in [0.4, 0.5) is 9.52 Å². The number of benzene rings is 1. The van der Waals surface area contributed by atoms with Gasteiger partial charge in [-0.15, -0.1) is 16.8 Å². The van der Waals surface area contributed by atoms with Crippen LogP contribution < -0.4 is 10.1 Å². The van der Waals surface area contributed by atoms with Crippen molar-refractivity contribution in [3.8, 4) is 11.4 Å². The molecule has 0 saturated carbocycles. The summed E-state index contributed by atoms with van der Waals surface area (Å²) in [6.45, 7) is 6.06. The monoisotopic (exact) mass is 419 g/mol. The average molecular weight is 420 g/mol. The van der Waals surface area contributed by atoms with Crippen molar-refractivity contribution in [2.24, 2.45) is 0 Å². The number of aromatic nitrogens is 4. The number of rotatable bonds is 9. The molecule has 3 rings (SSSR count). The Morgan fingerprint density at radius 1 is 1.39 bits per heavy atom. The van der Waals surface area contributed by atoms with E-state index in [1.54, 1.807) is 24.4 Å². The van der Waals surface area contributed by atoms with Gasteiger partial charge in [0.05, 0.1) is 18.5 Å². The van der Waals surface area contributed by atoms with Crippen LogP contribution in [0.3, 0.4) is 0 Å². The first kappa shape index (κ1) is 20.0. The molecule has 0 saturated heterocycles. The second-order valence-corrected chi connectivity index (χ2v) is 7.78. The Balaban J connectivity index is 1.81. The predicted molar refractivity (Wildman–Crippen MR) is 108 cm³/mol. The molecule has 146 valence electrons. The SMILES string of the molecule is C=CCSc1nnc(NC(=O)c2nn(-c3ccc(F)cc3)cc2OCCC)s1. The Kier molecular flexibility index (Phi) is 6.77. The zero-order chi connectivity index (χ0) is 19.9. The lowest BCUT2D eigenvalue weighted by Crippen LogP contribution is -2.14. The lowest BCUT2D eigenvalue weighted by molar-refractivity contribution is 0.101. The number of hydrogen-bond acceptors (Lipinski definition) is 7. The maximum absolute atomic E-state index is 13.2. The van der Waals surface area contributed by atoms with E-state index in [-0.39, 0.29) is 11.5 Å². The number of anilines is 1. The maximum Gasteiger partial charge on any atom is 0.281 e. The van der Waals surface area contributed by atoms with Gasteiger partial charge in [0.1, 0.15) is 5.82 Å². The summed E-state index contributed by atoms with van der Waals surface area (Å²) in [5.41, 5.74) is 0.731. The minimum absolute atomic E-state index is 0.119. The maximum atomic E-state index is 13.2. The number of nitrogens with one attached hydrogen (secondary N) is 1. The van der Waals surface area contributed by atoms with E-state index < -0.39 is 5.91 Å². The summed E-state index contributed by atoms with van der Waals surface area (Å²) in [7, 11) is 0. The molecule has 10 heteroatoms. The second kappa shape index (κ2) is 9.47. The first-order valence-electron chi connectivity index (χ1n) is 8.47. The quantitative estimate of drug-likeness (QED) is 0.318. The van der Waals surface area contributed by atoms with Gasteiger partial charge in [-0.3, -0.25) is 10.1 Å². The van der Waals surface area contributed by atoms with Crippen LogP contribution >= 0.6 is 23.1 Å². The zero-order valence-corrected chi connectivity index (χ0v) is 16.7. The molecule has 28 heavy (non-hydrogen) atoms. The van der Waals surface area contributed by atoms with Crippen molar-refractivity contribution >= 4 is 34.1 Å². The van der Waals surface area contributed by atoms with Crippen LogP contribution in [-0.4, -0.2) is 38.2 Å². The van der Waals surface area contributed by atoms with E-state index in [2.05, 4.69) is 27.2 Å². The van der Waals surface area contributed by atoms with Gasteiger partial charge in [-0.2, -0.15) is 5.10 Å². The molecule has 0 aliphatic heterocycles. The number of amides is 1. The number of carbonyl (C=O) groups is 1. The summed E-state index contributed by atoms with van der Waals surface area (Å²) >= 11 is 2.75. The summed E-state index contributed by atoms with van der Waals surface area (Å²) in [5, 5.41) is 15.4. The van der Waals surface area contributed by atoms with Crippen molar-refractivity contribution in [2.75, 3.05) is 17.7 Å². The number of nitrogens with zero attached hydrogens (tertiary/aromatic N) is 4. The Morgan fingerprint density at radius 3 is 2.89 bits per heavy atom. The number of carbonyl (C=O) groups excluding carboxylic acids is 1. The van der Waals surface area contributed by atoms with Crippen molar-refractivity contribution in [2.45, 2.75) is 17.7 Å². The van der Waals surface area contributed by atoms with E-state index in [1.807, 2.05) is 6.92 Å². The van der Waals surface area contributed by atoms with Crippen molar-refractivity contribution in [1.82, 2.24) is 20.0 Å². The fourth-order valence-corrected chi connectivity index (χ4v) is 3.67. The fourth-order valence-electron chi connectivity index (χ4n) is 2.16. The summed E-state index contributed by atoms with van der Waals surface area (Å²) in [5.74, 6) is 0.246. The molecule has 7 nitrogen and oxygen atoms in total. The number of halogens is 1. The van der Waals surface area contributed by atoms with Crippen LogP contribution in [0.2, 0.25) is 0 Å². The van der Waals surface area contributed by atoms with E-state index in [9.17, 15) is 9.18 Å². The van der Waals surface area contributed by atoms with Gasteiger partial charge in [0, 0.05) is 5.75 Å². The summed E-state index contributed by atoms with van der Waals surface area (Å²) in [4.78, 5) is 12.7. The van der Waals surface area contributed by atoms with Gasteiger partial charge in [-0.25, -0.2) is 9.07 Å². The zero-order valence-electron chi connectivity index (χ0n) is 15.1. The molecular formula is C18H18FN5O2S2. The number of hydrogen-bond donors (Lipinski definition) is 1. The average Bonchev–Trinajstić information content (AvgIpc) is 3.32. The summed E-state index contributed by atoms with van der Waals surface area (Å²) in [6, 6.07) is 5.79. The van der Waals surface area contributed by atoms with Crippen molar-refractivity contribution in [3.05, 3.63) is 54.6 Å². The molecule has 0 spiro atoms. The minimum atomic E-state index is -0.455. The molecule has 0 atom stereocenters. The lowest BCUT2D eigenvalue weighted by atomic mass is 10.3. The summed E-state index contributed by atoms with van der Waals surface area (Å²) < 4.78 is 21.0. The first-order chi connectivity index (χ1) is 13.6. The Bertz CT molecular complexity index is 955. The molecule has 2 heterocycles.